The van der Waals surface area contributed by atoms with Crippen molar-refractivity contribution in [2.24, 2.45) is 0 Å². The lowest BCUT2D eigenvalue weighted by atomic mass is 10.1. The van der Waals surface area contributed by atoms with Gasteiger partial charge in [0, 0.05) is 12.6 Å². The quantitative estimate of drug-likeness (QED) is 0.808. The van der Waals surface area contributed by atoms with Gasteiger partial charge < -0.3 is 14.6 Å². The Hall–Kier alpha value is -1.29. The third-order valence-electron chi connectivity index (χ3n) is 2.72. The van der Waals surface area contributed by atoms with Crippen LogP contribution in [0, 0.1) is 0 Å². The van der Waals surface area contributed by atoms with Gasteiger partial charge in [-0.2, -0.15) is 0 Å². The number of pyridine rings is 1. The van der Waals surface area contributed by atoms with E-state index in [0.29, 0.717) is 12.3 Å². The first-order valence-electron chi connectivity index (χ1n) is 4.97. The van der Waals surface area contributed by atoms with Gasteiger partial charge in [-0.3, -0.25) is 0 Å². The van der Waals surface area contributed by atoms with Crippen molar-refractivity contribution in [1.29, 1.82) is 0 Å². The highest BCUT2D eigenvalue weighted by Gasteiger charge is 2.41. The molecule has 0 radical (unpaired) electrons. The molecular weight excluding hydrogens is 194 g/mol. The van der Waals surface area contributed by atoms with Crippen LogP contribution in [0.15, 0.2) is 12.3 Å². The second-order valence-electron chi connectivity index (χ2n) is 3.90. The molecule has 0 spiro atoms. The van der Waals surface area contributed by atoms with Crippen molar-refractivity contribution in [1.82, 2.24) is 4.98 Å². The topological polar surface area (TPSA) is 51.6 Å². The molecule has 1 N–H and O–H groups in total. The van der Waals surface area contributed by atoms with E-state index >= 15 is 0 Å². The number of nitrogens with zero attached hydrogens (tertiary/aromatic N) is 1. The highest BCUT2D eigenvalue weighted by atomic mass is 16.5. The number of aliphatic hydroxyl groups is 1. The van der Waals surface area contributed by atoms with E-state index in [1.54, 1.807) is 26.5 Å². The average molecular weight is 209 g/mol. The van der Waals surface area contributed by atoms with Crippen LogP contribution in [-0.2, 0) is 6.42 Å². The van der Waals surface area contributed by atoms with Crippen molar-refractivity contribution in [3.05, 3.63) is 17.8 Å². The lowest BCUT2D eigenvalue weighted by molar-refractivity contribution is 0.148. The third kappa shape index (κ3) is 2.04. The molecule has 2 rings (SSSR count). The Labute approximate surface area is 88.9 Å². The first kappa shape index (κ1) is 10.2. The maximum absolute atomic E-state index is 9.88. The number of aromatic nitrogens is 1. The lowest BCUT2D eigenvalue weighted by Gasteiger charge is -2.14. The summed E-state index contributed by atoms with van der Waals surface area (Å²) in [7, 11) is 3.18. The first-order valence-corrected chi connectivity index (χ1v) is 4.97. The Morgan fingerprint density at radius 2 is 2.13 bits per heavy atom. The summed E-state index contributed by atoms with van der Waals surface area (Å²) in [6, 6.07) is 1.78. The van der Waals surface area contributed by atoms with Crippen LogP contribution >= 0.6 is 0 Å². The Kier molecular flexibility index (Phi) is 2.52. The van der Waals surface area contributed by atoms with Gasteiger partial charge in [0.15, 0.2) is 0 Å². The molecule has 1 aromatic heterocycles. The summed E-state index contributed by atoms with van der Waals surface area (Å²) in [6.45, 7) is 0. The number of methoxy groups -OCH3 is 2. The van der Waals surface area contributed by atoms with Gasteiger partial charge in [0.2, 0.25) is 5.88 Å². The SMILES string of the molecule is COc1ccnc(OC)c1CC1(O)CC1. The second kappa shape index (κ2) is 3.70. The number of rotatable bonds is 4. The summed E-state index contributed by atoms with van der Waals surface area (Å²) in [5.41, 5.74) is 0.284. The second-order valence-corrected chi connectivity index (χ2v) is 3.90. The monoisotopic (exact) mass is 209 g/mol. The molecule has 1 aliphatic carbocycles. The molecule has 1 saturated carbocycles. The van der Waals surface area contributed by atoms with Crippen molar-refractivity contribution >= 4 is 0 Å². The predicted molar refractivity (Wildman–Crippen MR) is 55.2 cm³/mol. The Morgan fingerprint density at radius 1 is 1.40 bits per heavy atom. The molecule has 0 aliphatic heterocycles. The summed E-state index contributed by atoms with van der Waals surface area (Å²) in [6.07, 6.45) is 3.87. The zero-order chi connectivity index (χ0) is 10.9. The van der Waals surface area contributed by atoms with Gasteiger partial charge in [-0.1, -0.05) is 0 Å². The number of ether oxygens (including phenoxy) is 2. The molecule has 1 aromatic rings. The molecule has 0 bridgehead atoms. The number of hydrogen-bond acceptors (Lipinski definition) is 4. The summed E-state index contributed by atoms with van der Waals surface area (Å²) in [5, 5.41) is 9.88. The lowest BCUT2D eigenvalue weighted by Crippen LogP contribution is -2.13. The van der Waals surface area contributed by atoms with E-state index < -0.39 is 5.60 Å². The maximum Gasteiger partial charge on any atom is 0.220 e. The standard InChI is InChI=1S/C11H15NO3/c1-14-9-3-6-12-10(15-2)8(9)7-11(13)4-5-11/h3,6,13H,4-5,7H2,1-2H3. The van der Waals surface area contributed by atoms with Crippen LogP contribution in [0.4, 0.5) is 0 Å². The van der Waals surface area contributed by atoms with E-state index in [2.05, 4.69) is 4.98 Å². The van der Waals surface area contributed by atoms with Crippen LogP contribution in [0.5, 0.6) is 11.6 Å². The fourth-order valence-corrected chi connectivity index (χ4v) is 1.64. The molecule has 1 aliphatic rings. The summed E-state index contributed by atoms with van der Waals surface area (Å²) in [4.78, 5) is 4.10. The van der Waals surface area contributed by atoms with Gasteiger partial charge in [-0.25, -0.2) is 4.98 Å². The van der Waals surface area contributed by atoms with Gasteiger partial charge in [-0.15, -0.1) is 0 Å². The highest BCUT2D eigenvalue weighted by molar-refractivity contribution is 5.41. The van der Waals surface area contributed by atoms with Gasteiger partial charge in [0.25, 0.3) is 0 Å². The molecule has 1 heterocycles. The van der Waals surface area contributed by atoms with Crippen molar-refractivity contribution in [3.8, 4) is 11.6 Å². The van der Waals surface area contributed by atoms with Gasteiger partial charge in [0.05, 0.1) is 25.4 Å². The number of hydrogen-bond donors (Lipinski definition) is 1. The molecule has 0 saturated heterocycles. The molecule has 0 aromatic carbocycles. The van der Waals surface area contributed by atoms with Crippen LogP contribution < -0.4 is 9.47 Å². The zero-order valence-electron chi connectivity index (χ0n) is 8.99. The van der Waals surface area contributed by atoms with E-state index in [1.165, 1.54) is 0 Å². The van der Waals surface area contributed by atoms with Crippen LogP contribution in [-0.4, -0.2) is 29.9 Å². The van der Waals surface area contributed by atoms with Crippen molar-refractivity contribution in [2.75, 3.05) is 14.2 Å². The minimum absolute atomic E-state index is 0.537. The van der Waals surface area contributed by atoms with Crippen LogP contribution in [0.3, 0.4) is 0 Å². The van der Waals surface area contributed by atoms with Crippen molar-refractivity contribution in [3.63, 3.8) is 0 Å². The predicted octanol–water partition coefficient (Wildman–Crippen LogP) is 1.17. The van der Waals surface area contributed by atoms with E-state index in [9.17, 15) is 5.11 Å². The largest absolute Gasteiger partial charge is 0.496 e. The van der Waals surface area contributed by atoms with Gasteiger partial charge >= 0.3 is 0 Å². The molecule has 4 nitrogen and oxygen atoms in total. The first-order chi connectivity index (χ1) is 7.18. The van der Waals surface area contributed by atoms with Crippen LogP contribution in [0.25, 0.3) is 0 Å². The normalized spacial score (nSPS) is 17.3. The molecular formula is C11H15NO3. The van der Waals surface area contributed by atoms with Gasteiger partial charge in [0.1, 0.15) is 5.75 Å². The smallest absolute Gasteiger partial charge is 0.220 e. The molecule has 82 valence electrons. The minimum Gasteiger partial charge on any atom is -0.496 e. The minimum atomic E-state index is -0.566. The highest BCUT2D eigenvalue weighted by Crippen LogP contribution is 2.41. The van der Waals surface area contributed by atoms with Crippen LogP contribution in [0.1, 0.15) is 18.4 Å². The van der Waals surface area contributed by atoms with E-state index in [1.807, 2.05) is 0 Å². The Bertz CT molecular complexity index is 339. The molecule has 0 unspecified atom stereocenters. The molecule has 4 heteroatoms. The van der Waals surface area contributed by atoms with Crippen molar-refractivity contribution < 1.29 is 14.6 Å². The summed E-state index contributed by atoms with van der Waals surface area (Å²) < 4.78 is 10.4. The third-order valence-corrected chi connectivity index (χ3v) is 2.72. The summed E-state index contributed by atoms with van der Waals surface area (Å²) >= 11 is 0. The zero-order valence-corrected chi connectivity index (χ0v) is 8.99. The fraction of sp³-hybridized carbons (Fsp3) is 0.545. The van der Waals surface area contributed by atoms with E-state index in [0.717, 1.165) is 24.2 Å². The van der Waals surface area contributed by atoms with Gasteiger partial charge in [-0.05, 0) is 18.9 Å². The molecule has 0 atom stereocenters. The Balaban J connectivity index is 2.32. The molecule has 1 fully saturated rings. The molecule has 0 amide bonds. The Morgan fingerprint density at radius 3 is 2.67 bits per heavy atom. The maximum atomic E-state index is 9.88. The van der Waals surface area contributed by atoms with E-state index in [4.69, 9.17) is 9.47 Å². The fourth-order valence-electron chi connectivity index (χ4n) is 1.64. The average Bonchev–Trinajstić information content (AvgIpc) is 2.96. The summed E-state index contributed by atoms with van der Waals surface area (Å²) in [5.74, 6) is 1.26. The molecule has 15 heavy (non-hydrogen) atoms. The van der Waals surface area contributed by atoms with Crippen LogP contribution in [0.2, 0.25) is 0 Å². The van der Waals surface area contributed by atoms with E-state index in [-0.39, 0.29) is 0 Å². The van der Waals surface area contributed by atoms with Crippen molar-refractivity contribution in [2.45, 2.75) is 24.9 Å².